The van der Waals surface area contributed by atoms with Crippen molar-refractivity contribution in [2.45, 2.75) is 18.2 Å². The topological polar surface area (TPSA) is 50.3 Å². The van der Waals surface area contributed by atoms with Gasteiger partial charge in [0.2, 0.25) is 0 Å². The van der Waals surface area contributed by atoms with Gasteiger partial charge in [0, 0.05) is 12.7 Å². The molecule has 1 aliphatic heterocycles. The van der Waals surface area contributed by atoms with E-state index in [0.717, 1.165) is 17.7 Å². The number of halogens is 1. The number of hydrogen-bond acceptors (Lipinski definition) is 3. The Bertz CT molecular complexity index is 777. The van der Waals surface area contributed by atoms with Crippen molar-refractivity contribution in [3.05, 3.63) is 53.3 Å². The van der Waals surface area contributed by atoms with E-state index in [9.17, 15) is 8.42 Å². The Morgan fingerprint density at radius 2 is 2.00 bits per heavy atom. The number of fused-ring (bicyclic) bond motifs is 1. The molecule has 0 aliphatic carbocycles. The summed E-state index contributed by atoms with van der Waals surface area (Å²) < 4.78 is 27.3. The molecule has 6 heteroatoms. The van der Waals surface area contributed by atoms with Crippen LogP contribution in [0.3, 0.4) is 0 Å². The van der Waals surface area contributed by atoms with E-state index in [-0.39, 0.29) is 16.0 Å². The summed E-state index contributed by atoms with van der Waals surface area (Å²) in [6.07, 6.45) is 2.36. The summed E-state index contributed by atoms with van der Waals surface area (Å²) in [4.78, 5) is 3.93. The number of para-hydroxylation sites is 1. The van der Waals surface area contributed by atoms with Gasteiger partial charge in [-0.1, -0.05) is 36.7 Å². The zero-order chi connectivity index (χ0) is 15.0. The third-order valence-electron chi connectivity index (χ3n) is 3.60. The average molecular weight is 323 g/mol. The van der Waals surface area contributed by atoms with E-state index < -0.39 is 10.0 Å². The Kier molecular flexibility index (Phi) is 3.63. The van der Waals surface area contributed by atoms with E-state index in [4.69, 9.17) is 11.6 Å². The highest BCUT2D eigenvalue weighted by molar-refractivity contribution is 7.93. The van der Waals surface area contributed by atoms with E-state index in [1.165, 1.54) is 16.6 Å². The normalized spacial score (nSPS) is 18.4. The predicted molar refractivity (Wildman–Crippen MR) is 83.1 cm³/mol. The van der Waals surface area contributed by atoms with E-state index in [1.807, 2.05) is 31.2 Å². The second kappa shape index (κ2) is 5.31. The van der Waals surface area contributed by atoms with Gasteiger partial charge in [0.15, 0.2) is 0 Å². The van der Waals surface area contributed by atoms with Crippen LogP contribution < -0.4 is 4.31 Å². The average Bonchev–Trinajstić information content (AvgIpc) is 2.46. The van der Waals surface area contributed by atoms with E-state index in [2.05, 4.69) is 4.98 Å². The van der Waals surface area contributed by atoms with Crippen LogP contribution in [0.25, 0.3) is 0 Å². The lowest BCUT2D eigenvalue weighted by Gasteiger charge is -2.33. The van der Waals surface area contributed by atoms with Gasteiger partial charge in [-0.15, -0.1) is 0 Å². The lowest BCUT2D eigenvalue weighted by molar-refractivity contribution is 0.544. The van der Waals surface area contributed by atoms with Crippen LogP contribution in [0.1, 0.15) is 12.5 Å². The maximum absolute atomic E-state index is 12.9. The number of benzene rings is 1. The number of pyridine rings is 1. The molecule has 1 atom stereocenters. The number of rotatable bonds is 2. The van der Waals surface area contributed by atoms with Crippen LogP contribution in [0.4, 0.5) is 5.69 Å². The minimum Gasteiger partial charge on any atom is -0.266 e. The van der Waals surface area contributed by atoms with Gasteiger partial charge in [0.25, 0.3) is 10.0 Å². The van der Waals surface area contributed by atoms with Gasteiger partial charge < -0.3 is 0 Å². The van der Waals surface area contributed by atoms with Gasteiger partial charge >= 0.3 is 0 Å². The summed E-state index contributed by atoms with van der Waals surface area (Å²) in [5, 5.41) is 0.00760. The predicted octanol–water partition coefficient (Wildman–Crippen LogP) is 3.12. The Labute approximate surface area is 129 Å². The van der Waals surface area contributed by atoms with Crippen molar-refractivity contribution in [3.8, 4) is 0 Å². The van der Waals surface area contributed by atoms with Crippen molar-refractivity contribution in [3.63, 3.8) is 0 Å². The maximum Gasteiger partial charge on any atom is 0.267 e. The van der Waals surface area contributed by atoms with Crippen LogP contribution in [0, 0.1) is 5.92 Å². The standard InChI is InChI=1S/C15H15ClN2O2S/c1-11-9-12-5-2-3-6-13(12)18(10-11)21(19,20)14-7-4-8-17-15(14)16/h2-8,11H,9-10H2,1H3. The van der Waals surface area contributed by atoms with Crippen LogP contribution in [-0.4, -0.2) is 19.9 Å². The van der Waals surface area contributed by atoms with Gasteiger partial charge in [-0.05, 0) is 36.1 Å². The molecule has 2 heterocycles. The number of hydrogen-bond donors (Lipinski definition) is 0. The molecule has 1 aromatic carbocycles. The molecule has 1 aromatic heterocycles. The molecular weight excluding hydrogens is 308 g/mol. The second-order valence-electron chi connectivity index (χ2n) is 5.27. The third kappa shape index (κ3) is 2.51. The molecule has 2 aromatic rings. The monoisotopic (exact) mass is 322 g/mol. The molecule has 0 saturated carbocycles. The molecule has 3 rings (SSSR count). The Morgan fingerprint density at radius 1 is 1.24 bits per heavy atom. The lowest BCUT2D eigenvalue weighted by atomic mass is 9.96. The van der Waals surface area contributed by atoms with Gasteiger partial charge in [-0.2, -0.15) is 0 Å². The van der Waals surface area contributed by atoms with E-state index in [0.29, 0.717) is 6.54 Å². The molecule has 4 nitrogen and oxygen atoms in total. The van der Waals surface area contributed by atoms with Gasteiger partial charge in [-0.3, -0.25) is 4.31 Å². The number of aromatic nitrogens is 1. The van der Waals surface area contributed by atoms with Crippen molar-refractivity contribution in [1.29, 1.82) is 0 Å². The molecule has 0 spiro atoms. The summed E-state index contributed by atoms with van der Waals surface area (Å²) in [6.45, 7) is 2.49. The summed E-state index contributed by atoms with van der Waals surface area (Å²) in [5.74, 6) is 0.255. The van der Waals surface area contributed by atoms with Crippen LogP contribution >= 0.6 is 11.6 Å². The van der Waals surface area contributed by atoms with Gasteiger partial charge in [-0.25, -0.2) is 13.4 Å². The minimum absolute atomic E-state index is 0.00760. The Morgan fingerprint density at radius 3 is 2.76 bits per heavy atom. The summed E-state index contributed by atoms with van der Waals surface area (Å²) in [6, 6.07) is 10.7. The van der Waals surface area contributed by atoms with E-state index >= 15 is 0 Å². The quantitative estimate of drug-likeness (QED) is 0.798. The molecule has 0 saturated heterocycles. The van der Waals surface area contributed by atoms with Crippen molar-refractivity contribution in [1.82, 2.24) is 4.98 Å². The minimum atomic E-state index is -3.70. The zero-order valence-corrected chi connectivity index (χ0v) is 13.1. The van der Waals surface area contributed by atoms with Gasteiger partial charge in [0.1, 0.15) is 10.0 Å². The molecule has 0 amide bonds. The van der Waals surface area contributed by atoms with Crippen molar-refractivity contribution in [2.75, 3.05) is 10.8 Å². The van der Waals surface area contributed by atoms with Crippen molar-refractivity contribution < 1.29 is 8.42 Å². The molecule has 1 unspecified atom stereocenters. The second-order valence-corrected chi connectivity index (χ2v) is 7.46. The molecular formula is C15H15ClN2O2S. The molecule has 0 fully saturated rings. The fraction of sp³-hybridized carbons (Fsp3) is 0.267. The van der Waals surface area contributed by atoms with Crippen LogP contribution in [0.5, 0.6) is 0 Å². The number of nitrogens with zero attached hydrogens (tertiary/aromatic N) is 2. The van der Waals surface area contributed by atoms with Crippen LogP contribution in [-0.2, 0) is 16.4 Å². The first-order chi connectivity index (χ1) is 10.00. The van der Waals surface area contributed by atoms with Crippen molar-refractivity contribution >= 4 is 27.3 Å². The highest BCUT2D eigenvalue weighted by Gasteiger charge is 2.33. The highest BCUT2D eigenvalue weighted by atomic mass is 35.5. The molecule has 0 bridgehead atoms. The third-order valence-corrected chi connectivity index (χ3v) is 5.82. The smallest absolute Gasteiger partial charge is 0.266 e. The summed E-state index contributed by atoms with van der Waals surface area (Å²) in [5.41, 5.74) is 1.77. The first-order valence-corrected chi connectivity index (χ1v) is 8.53. The number of sulfonamides is 1. The SMILES string of the molecule is CC1Cc2ccccc2N(S(=O)(=O)c2cccnc2Cl)C1. The first-order valence-electron chi connectivity index (χ1n) is 6.71. The molecule has 1 aliphatic rings. The van der Waals surface area contributed by atoms with Crippen molar-refractivity contribution in [2.24, 2.45) is 5.92 Å². The Balaban J connectivity index is 2.14. The molecule has 21 heavy (non-hydrogen) atoms. The largest absolute Gasteiger partial charge is 0.267 e. The summed E-state index contributed by atoms with van der Waals surface area (Å²) >= 11 is 5.97. The van der Waals surface area contributed by atoms with Crippen LogP contribution in [0.2, 0.25) is 5.15 Å². The van der Waals surface area contributed by atoms with Crippen LogP contribution in [0.15, 0.2) is 47.5 Å². The highest BCUT2D eigenvalue weighted by Crippen LogP contribution is 2.34. The zero-order valence-electron chi connectivity index (χ0n) is 11.5. The van der Waals surface area contributed by atoms with Gasteiger partial charge in [0.05, 0.1) is 5.69 Å². The molecule has 0 N–H and O–H groups in total. The maximum atomic E-state index is 12.9. The fourth-order valence-corrected chi connectivity index (χ4v) is 4.71. The Hall–Kier alpha value is -1.59. The fourth-order valence-electron chi connectivity index (χ4n) is 2.66. The molecule has 0 radical (unpaired) electrons. The summed E-state index contributed by atoms with van der Waals surface area (Å²) in [7, 11) is -3.70. The number of anilines is 1. The first kappa shape index (κ1) is 14.4. The van der Waals surface area contributed by atoms with E-state index in [1.54, 1.807) is 6.07 Å². The lowest BCUT2D eigenvalue weighted by Crippen LogP contribution is -2.39. The molecule has 110 valence electrons.